The lowest BCUT2D eigenvalue weighted by molar-refractivity contribution is -0.148. The molecule has 4 amide bonds. The van der Waals surface area contributed by atoms with E-state index in [1.165, 1.54) is 21.6 Å². The lowest BCUT2D eigenvalue weighted by Crippen LogP contribution is -2.59. The number of carbonyl (C=O) groups is 5. The van der Waals surface area contributed by atoms with Crippen LogP contribution in [0.2, 0.25) is 0 Å². The van der Waals surface area contributed by atoms with Crippen LogP contribution in [0.25, 0.3) is 0 Å². The third kappa shape index (κ3) is 9.39. The molecule has 0 saturated carbocycles. The number of rotatable bonds is 3. The van der Waals surface area contributed by atoms with Gasteiger partial charge in [-0.1, -0.05) is 71.8 Å². The van der Waals surface area contributed by atoms with Gasteiger partial charge in [-0.25, -0.2) is 0 Å². The zero-order valence-electron chi connectivity index (χ0n) is 21.4. The third-order valence-electron chi connectivity index (χ3n) is 5.93. The molecule has 10 nitrogen and oxygen atoms in total. The molecule has 2 aliphatic heterocycles. The van der Waals surface area contributed by atoms with Crippen molar-refractivity contribution in [2.24, 2.45) is 5.92 Å². The molecule has 1 aromatic carbocycles. The molecule has 0 aliphatic carbocycles. The highest BCUT2D eigenvalue weighted by molar-refractivity contribution is 8.76. The number of amides is 4. The highest BCUT2D eigenvalue weighted by Gasteiger charge is 2.32. The van der Waals surface area contributed by atoms with Gasteiger partial charge in [0.1, 0.15) is 30.8 Å². The fourth-order valence-corrected chi connectivity index (χ4v) is 6.06. The minimum absolute atomic E-state index is 0.199. The number of nitrogens with one attached hydrogen (secondary N) is 4. The first-order chi connectivity index (χ1) is 18.2. The first kappa shape index (κ1) is 29.6. The first-order valence-electron chi connectivity index (χ1n) is 12.5. The smallest absolute Gasteiger partial charge is 0.326 e. The molecule has 38 heavy (non-hydrogen) atoms. The predicted molar refractivity (Wildman–Crippen MR) is 147 cm³/mol. The second kappa shape index (κ2) is 14.8. The van der Waals surface area contributed by atoms with Crippen LogP contribution in [0.5, 0.6) is 0 Å². The second-order valence-corrected chi connectivity index (χ2v) is 12.0. The number of fused-ring (bicyclic) bond motifs is 7. The van der Waals surface area contributed by atoms with E-state index in [1.807, 2.05) is 36.4 Å². The molecule has 4 N–H and O–H groups in total. The number of benzene rings is 1. The minimum Gasteiger partial charge on any atom is -0.456 e. The summed E-state index contributed by atoms with van der Waals surface area (Å²) in [4.78, 5) is 65.1. The van der Waals surface area contributed by atoms with Gasteiger partial charge in [-0.15, -0.1) is 0 Å². The van der Waals surface area contributed by atoms with Crippen molar-refractivity contribution in [3.63, 3.8) is 0 Å². The monoisotopic (exact) mass is 562 g/mol. The van der Waals surface area contributed by atoms with E-state index in [1.54, 1.807) is 19.9 Å². The number of ether oxygens (including phenoxy) is 1. The average Bonchev–Trinajstić information content (AvgIpc) is 2.88. The number of hydrogen-bond donors (Lipinski definition) is 4. The van der Waals surface area contributed by atoms with Gasteiger partial charge in [0.25, 0.3) is 0 Å². The second-order valence-electron chi connectivity index (χ2n) is 9.37. The summed E-state index contributed by atoms with van der Waals surface area (Å²) in [6, 6.07) is 6.36. The summed E-state index contributed by atoms with van der Waals surface area (Å²) < 4.78 is 5.48. The van der Waals surface area contributed by atoms with Gasteiger partial charge < -0.3 is 26.0 Å². The van der Waals surface area contributed by atoms with Crippen LogP contribution in [0.4, 0.5) is 0 Å². The summed E-state index contributed by atoms with van der Waals surface area (Å²) in [6.45, 7) is 3.13. The van der Waals surface area contributed by atoms with Crippen molar-refractivity contribution in [2.45, 2.75) is 57.3 Å². The van der Waals surface area contributed by atoms with Crippen molar-refractivity contribution in [1.29, 1.82) is 0 Å². The third-order valence-corrected chi connectivity index (χ3v) is 8.37. The maximum absolute atomic E-state index is 13.4. The van der Waals surface area contributed by atoms with E-state index in [2.05, 4.69) is 21.3 Å². The van der Waals surface area contributed by atoms with E-state index >= 15 is 0 Å². The van der Waals surface area contributed by atoms with Crippen LogP contribution in [-0.4, -0.2) is 71.9 Å². The van der Waals surface area contributed by atoms with Crippen LogP contribution in [0.1, 0.15) is 32.3 Å². The molecule has 0 spiro atoms. The van der Waals surface area contributed by atoms with Crippen LogP contribution in [0.15, 0.2) is 42.5 Å². The van der Waals surface area contributed by atoms with Crippen molar-refractivity contribution in [2.75, 3.05) is 18.1 Å². The van der Waals surface area contributed by atoms with Gasteiger partial charge in [-0.2, -0.15) is 0 Å². The van der Waals surface area contributed by atoms with Gasteiger partial charge in [0.2, 0.25) is 23.6 Å². The van der Waals surface area contributed by atoms with Crippen LogP contribution in [0.3, 0.4) is 0 Å². The molecule has 206 valence electrons. The molecule has 0 radical (unpaired) electrons. The van der Waals surface area contributed by atoms with E-state index in [4.69, 9.17) is 4.74 Å². The van der Waals surface area contributed by atoms with E-state index in [0.29, 0.717) is 12.2 Å². The Morgan fingerprint density at radius 1 is 0.947 bits per heavy atom. The van der Waals surface area contributed by atoms with E-state index in [0.717, 1.165) is 5.56 Å². The van der Waals surface area contributed by atoms with Crippen molar-refractivity contribution in [3.05, 3.63) is 48.0 Å². The van der Waals surface area contributed by atoms with E-state index in [9.17, 15) is 24.0 Å². The zero-order chi connectivity index (χ0) is 27.5. The maximum Gasteiger partial charge on any atom is 0.326 e. The molecular formula is C26H34N4O6S2. The van der Waals surface area contributed by atoms with Crippen LogP contribution in [0, 0.1) is 5.92 Å². The first-order valence-corrected chi connectivity index (χ1v) is 15.0. The van der Waals surface area contributed by atoms with Crippen molar-refractivity contribution >= 4 is 51.2 Å². The quantitative estimate of drug-likeness (QED) is 0.244. The summed E-state index contributed by atoms with van der Waals surface area (Å²) >= 11 is 0. The number of esters is 1. The maximum atomic E-state index is 13.4. The lowest BCUT2D eigenvalue weighted by Gasteiger charge is -2.27. The zero-order valence-corrected chi connectivity index (χ0v) is 23.1. The Labute approximate surface area is 230 Å². The molecule has 0 unspecified atom stereocenters. The Bertz CT molecular complexity index is 1040. The van der Waals surface area contributed by atoms with Crippen LogP contribution in [-0.2, 0) is 35.1 Å². The normalized spacial score (nSPS) is 27.3. The molecule has 1 saturated heterocycles. The Morgan fingerprint density at radius 3 is 2.45 bits per heavy atom. The van der Waals surface area contributed by atoms with Gasteiger partial charge in [0.15, 0.2) is 0 Å². The fourth-order valence-electron chi connectivity index (χ4n) is 3.91. The van der Waals surface area contributed by atoms with Crippen LogP contribution < -0.4 is 21.3 Å². The van der Waals surface area contributed by atoms with Crippen molar-refractivity contribution < 1.29 is 28.7 Å². The largest absolute Gasteiger partial charge is 0.456 e. The summed E-state index contributed by atoms with van der Waals surface area (Å²) in [6.07, 6.45) is 3.27. The molecule has 1 fully saturated rings. The van der Waals surface area contributed by atoms with Crippen LogP contribution >= 0.6 is 21.6 Å². The van der Waals surface area contributed by atoms with Gasteiger partial charge >= 0.3 is 5.97 Å². The number of allylic oxidation sites excluding steroid dienone is 1. The molecule has 4 atom stereocenters. The standard InChI is InChI=1S/C26H34N4O6S2/c1-16(2)23-26(35)27-14-22(32)36-18-10-6-7-11-37-38-15-20(25(34)30-23)29-24(33)19(28-21(31)13-18)12-17-8-4-3-5-9-17/h3-6,8-10,16,18-20,23H,7,11-15H2,1-2H3,(H,27,35)(H,28,31)(H,29,33)(H,30,34)/b10-6+/t18-,19+,20+,23+/m0/s1. The topological polar surface area (TPSA) is 143 Å². The van der Waals surface area contributed by atoms with Crippen molar-refractivity contribution in [3.8, 4) is 0 Å². The highest BCUT2D eigenvalue weighted by atomic mass is 33.1. The summed E-state index contributed by atoms with van der Waals surface area (Å²) in [5.41, 5.74) is 0.825. The Kier molecular flexibility index (Phi) is 11.5. The van der Waals surface area contributed by atoms with E-state index < -0.39 is 60.4 Å². The molecule has 0 aromatic heterocycles. The van der Waals surface area contributed by atoms with E-state index in [-0.39, 0.29) is 24.5 Å². The minimum atomic E-state index is -0.972. The summed E-state index contributed by atoms with van der Waals surface area (Å²) in [7, 11) is 2.97. The Balaban J connectivity index is 1.98. The molecule has 12 heteroatoms. The highest BCUT2D eigenvalue weighted by Crippen LogP contribution is 2.23. The van der Waals surface area contributed by atoms with Gasteiger partial charge in [0.05, 0.1) is 6.42 Å². The molecule has 2 heterocycles. The molecule has 2 aliphatic rings. The molecule has 3 rings (SSSR count). The number of hydrogen-bond acceptors (Lipinski definition) is 8. The summed E-state index contributed by atoms with van der Waals surface area (Å²) in [5.74, 6) is -2.10. The van der Waals surface area contributed by atoms with Gasteiger partial charge in [-0.05, 0) is 24.0 Å². The summed E-state index contributed by atoms with van der Waals surface area (Å²) in [5, 5.41) is 10.8. The lowest BCUT2D eigenvalue weighted by atomic mass is 10.0. The Morgan fingerprint density at radius 2 is 1.71 bits per heavy atom. The Hall–Kier alpha value is -2.99. The SMILES string of the molecule is CC(C)[C@H]1NC(=O)[C@H]2CSSCC/C=C/[C@@H](CC(=O)N[C@H](Cc3ccccc3)C(=O)N2)OC(=O)CNC1=O. The predicted octanol–water partition coefficient (Wildman–Crippen LogP) is 1.11. The molecular weight excluding hydrogens is 528 g/mol. The van der Waals surface area contributed by atoms with Gasteiger partial charge in [-0.3, -0.25) is 24.0 Å². The number of carbonyl (C=O) groups excluding carboxylic acids is 5. The molecule has 2 bridgehead atoms. The van der Waals surface area contributed by atoms with Gasteiger partial charge in [0, 0.05) is 17.9 Å². The average molecular weight is 563 g/mol. The van der Waals surface area contributed by atoms with Crippen molar-refractivity contribution in [1.82, 2.24) is 21.3 Å². The molecule has 1 aromatic rings. The fraction of sp³-hybridized carbons (Fsp3) is 0.500.